The molecule has 0 saturated heterocycles. The molecule has 8 nitrogen and oxygen atoms in total. The van der Waals surface area contributed by atoms with Gasteiger partial charge < -0.3 is 4.74 Å². The molecule has 0 aliphatic heterocycles. The Bertz CT molecular complexity index is 659. The van der Waals surface area contributed by atoms with Crippen LogP contribution in [0.4, 0.5) is 5.69 Å². The standard InChI is InChI=1S/C11H9N5O3/c1-19-7-11-10(6-12)13-14-15(11)8-3-2-4-9(5-8)16(17)18/h2-5H,7H2,1H3. The smallest absolute Gasteiger partial charge is 0.271 e. The van der Waals surface area contributed by atoms with E-state index in [0.717, 1.165) is 0 Å². The zero-order valence-corrected chi connectivity index (χ0v) is 9.98. The van der Waals surface area contributed by atoms with Crippen molar-refractivity contribution in [3.8, 4) is 11.8 Å². The minimum atomic E-state index is -0.498. The molecule has 2 aromatic rings. The van der Waals surface area contributed by atoms with Gasteiger partial charge in [-0.2, -0.15) is 5.26 Å². The molecular formula is C11H9N5O3. The van der Waals surface area contributed by atoms with E-state index in [-0.39, 0.29) is 18.0 Å². The first-order chi connectivity index (χ1) is 9.17. The highest BCUT2D eigenvalue weighted by Crippen LogP contribution is 2.18. The van der Waals surface area contributed by atoms with Crippen LogP contribution in [0, 0.1) is 21.4 Å². The highest BCUT2D eigenvalue weighted by Gasteiger charge is 2.15. The van der Waals surface area contributed by atoms with E-state index in [4.69, 9.17) is 10.00 Å². The summed E-state index contributed by atoms with van der Waals surface area (Å²) < 4.78 is 6.34. The first-order valence-corrected chi connectivity index (χ1v) is 5.26. The van der Waals surface area contributed by atoms with Gasteiger partial charge >= 0.3 is 0 Å². The number of rotatable bonds is 4. The molecule has 0 saturated carbocycles. The molecule has 2 rings (SSSR count). The molecule has 0 bridgehead atoms. The monoisotopic (exact) mass is 259 g/mol. The van der Waals surface area contributed by atoms with Crippen molar-refractivity contribution in [1.29, 1.82) is 5.26 Å². The van der Waals surface area contributed by atoms with Crippen molar-refractivity contribution < 1.29 is 9.66 Å². The average molecular weight is 259 g/mol. The van der Waals surface area contributed by atoms with Crippen molar-refractivity contribution in [2.75, 3.05) is 7.11 Å². The van der Waals surface area contributed by atoms with E-state index in [0.29, 0.717) is 11.4 Å². The average Bonchev–Trinajstić information content (AvgIpc) is 2.82. The van der Waals surface area contributed by atoms with Crippen LogP contribution in [0.15, 0.2) is 24.3 Å². The van der Waals surface area contributed by atoms with Crippen LogP contribution in [0.5, 0.6) is 0 Å². The second-order valence-corrected chi connectivity index (χ2v) is 3.62. The third-order valence-electron chi connectivity index (χ3n) is 2.44. The number of non-ortho nitro benzene ring substituents is 1. The van der Waals surface area contributed by atoms with E-state index in [1.807, 2.05) is 6.07 Å². The largest absolute Gasteiger partial charge is 0.378 e. The number of nitrogens with zero attached hydrogens (tertiary/aromatic N) is 5. The lowest BCUT2D eigenvalue weighted by atomic mass is 10.2. The second-order valence-electron chi connectivity index (χ2n) is 3.62. The molecule has 8 heteroatoms. The summed E-state index contributed by atoms with van der Waals surface area (Å²) in [7, 11) is 1.48. The fourth-order valence-corrected chi connectivity index (χ4v) is 1.60. The van der Waals surface area contributed by atoms with Crippen molar-refractivity contribution >= 4 is 5.69 Å². The maximum absolute atomic E-state index is 10.7. The number of hydrogen-bond donors (Lipinski definition) is 0. The van der Waals surface area contributed by atoms with Gasteiger partial charge in [-0.3, -0.25) is 10.1 Å². The topological polar surface area (TPSA) is 107 Å². The van der Waals surface area contributed by atoms with Crippen molar-refractivity contribution in [3.05, 3.63) is 45.8 Å². The fraction of sp³-hybridized carbons (Fsp3) is 0.182. The van der Waals surface area contributed by atoms with Crippen LogP contribution in [0.1, 0.15) is 11.4 Å². The highest BCUT2D eigenvalue weighted by molar-refractivity contribution is 5.44. The van der Waals surface area contributed by atoms with Crippen LogP contribution in [-0.4, -0.2) is 27.0 Å². The first kappa shape index (κ1) is 12.7. The van der Waals surface area contributed by atoms with Crippen molar-refractivity contribution in [2.24, 2.45) is 0 Å². The molecule has 0 aliphatic rings. The number of benzene rings is 1. The molecule has 0 amide bonds. The summed E-state index contributed by atoms with van der Waals surface area (Å²) in [6, 6.07) is 7.81. The summed E-state index contributed by atoms with van der Waals surface area (Å²) in [4.78, 5) is 10.2. The zero-order chi connectivity index (χ0) is 13.8. The molecule has 0 radical (unpaired) electrons. The van der Waals surface area contributed by atoms with E-state index in [9.17, 15) is 10.1 Å². The van der Waals surface area contributed by atoms with E-state index in [2.05, 4.69) is 10.3 Å². The van der Waals surface area contributed by atoms with Gasteiger partial charge in [0.1, 0.15) is 11.8 Å². The molecule has 1 aromatic carbocycles. The molecule has 96 valence electrons. The number of nitro benzene ring substituents is 1. The molecular weight excluding hydrogens is 250 g/mol. The van der Waals surface area contributed by atoms with Crippen LogP contribution in [0.3, 0.4) is 0 Å². The first-order valence-electron chi connectivity index (χ1n) is 5.26. The lowest BCUT2D eigenvalue weighted by Gasteiger charge is -2.05. The minimum Gasteiger partial charge on any atom is -0.378 e. The van der Waals surface area contributed by atoms with Gasteiger partial charge in [-0.25, -0.2) is 4.68 Å². The van der Waals surface area contributed by atoms with Crippen molar-refractivity contribution in [1.82, 2.24) is 15.0 Å². The summed E-state index contributed by atoms with van der Waals surface area (Å²) in [5.74, 6) is 0. The van der Waals surface area contributed by atoms with Gasteiger partial charge in [0, 0.05) is 19.2 Å². The molecule has 0 fully saturated rings. The van der Waals surface area contributed by atoms with Crippen LogP contribution >= 0.6 is 0 Å². The van der Waals surface area contributed by atoms with Gasteiger partial charge in [0.2, 0.25) is 0 Å². The maximum Gasteiger partial charge on any atom is 0.271 e. The van der Waals surface area contributed by atoms with E-state index < -0.39 is 4.92 Å². The third-order valence-corrected chi connectivity index (χ3v) is 2.44. The predicted molar refractivity (Wildman–Crippen MR) is 63.4 cm³/mol. The Morgan fingerprint density at radius 2 is 2.37 bits per heavy atom. The number of ether oxygens (including phenoxy) is 1. The van der Waals surface area contributed by atoms with Crippen LogP contribution in [0.2, 0.25) is 0 Å². The minimum absolute atomic E-state index is 0.0603. The van der Waals surface area contributed by atoms with Gasteiger partial charge in [0.05, 0.1) is 17.2 Å². The fourth-order valence-electron chi connectivity index (χ4n) is 1.60. The third kappa shape index (κ3) is 2.41. The zero-order valence-electron chi connectivity index (χ0n) is 9.98. The van der Waals surface area contributed by atoms with Crippen LogP contribution < -0.4 is 0 Å². The molecule has 0 spiro atoms. The summed E-state index contributed by atoms with van der Waals surface area (Å²) in [6.45, 7) is 0.137. The molecule has 0 unspecified atom stereocenters. The van der Waals surface area contributed by atoms with Crippen LogP contribution in [-0.2, 0) is 11.3 Å². The van der Waals surface area contributed by atoms with Gasteiger partial charge in [-0.15, -0.1) is 5.10 Å². The number of aromatic nitrogens is 3. The Morgan fingerprint density at radius 3 is 3.00 bits per heavy atom. The molecule has 1 aromatic heterocycles. The lowest BCUT2D eigenvalue weighted by molar-refractivity contribution is -0.384. The number of methoxy groups -OCH3 is 1. The second kappa shape index (κ2) is 5.24. The normalized spacial score (nSPS) is 10.1. The molecule has 0 N–H and O–H groups in total. The predicted octanol–water partition coefficient (Wildman–Crippen LogP) is 1.19. The Hall–Kier alpha value is -2.79. The summed E-state index contributed by atoms with van der Waals surface area (Å²) >= 11 is 0. The van der Waals surface area contributed by atoms with Gasteiger partial charge in [0.25, 0.3) is 5.69 Å². The van der Waals surface area contributed by atoms with Gasteiger partial charge in [0.15, 0.2) is 5.69 Å². The summed E-state index contributed by atoms with van der Waals surface area (Å²) in [6.07, 6.45) is 0. The maximum atomic E-state index is 10.7. The SMILES string of the molecule is COCc1c(C#N)nnn1-c1cccc([N+](=O)[O-])c1. The summed E-state index contributed by atoms with van der Waals surface area (Å²) in [5, 5.41) is 27.2. The number of nitro groups is 1. The van der Waals surface area contributed by atoms with Gasteiger partial charge in [-0.1, -0.05) is 11.3 Å². The molecule has 1 heterocycles. The van der Waals surface area contributed by atoms with Crippen molar-refractivity contribution in [3.63, 3.8) is 0 Å². The molecule has 0 aliphatic carbocycles. The quantitative estimate of drug-likeness (QED) is 0.603. The van der Waals surface area contributed by atoms with E-state index in [1.165, 1.54) is 30.0 Å². The van der Waals surface area contributed by atoms with Gasteiger partial charge in [-0.05, 0) is 6.07 Å². The number of nitriles is 1. The number of hydrogen-bond acceptors (Lipinski definition) is 6. The van der Waals surface area contributed by atoms with E-state index in [1.54, 1.807) is 6.07 Å². The Kier molecular flexibility index (Phi) is 3.49. The molecule has 0 atom stereocenters. The highest BCUT2D eigenvalue weighted by atomic mass is 16.6. The molecule has 19 heavy (non-hydrogen) atoms. The van der Waals surface area contributed by atoms with Crippen molar-refractivity contribution in [2.45, 2.75) is 6.61 Å². The van der Waals surface area contributed by atoms with E-state index >= 15 is 0 Å². The lowest BCUT2D eigenvalue weighted by Crippen LogP contribution is -2.04. The van der Waals surface area contributed by atoms with Crippen LogP contribution in [0.25, 0.3) is 5.69 Å². The Balaban J connectivity index is 2.53. The Labute approximate surface area is 108 Å². The summed E-state index contributed by atoms with van der Waals surface area (Å²) in [5.41, 5.74) is 0.976. The Morgan fingerprint density at radius 1 is 1.58 bits per heavy atom.